The fraction of sp³-hybridized carbons (Fsp3) is 0.423. The maximum absolute atomic E-state index is 5.02. The first-order valence-electron chi connectivity index (χ1n) is 12.6. The molecule has 3 aromatic heterocycles. The van der Waals surface area contributed by atoms with Gasteiger partial charge >= 0.3 is 0 Å². The van der Waals surface area contributed by atoms with Crippen molar-refractivity contribution in [2.75, 3.05) is 57.3 Å². The van der Waals surface area contributed by atoms with Gasteiger partial charge in [0.1, 0.15) is 11.3 Å². The number of rotatable bonds is 6. The minimum atomic E-state index is 0.827. The highest BCUT2D eigenvalue weighted by Crippen LogP contribution is 2.34. The number of thiazole rings is 1. The monoisotopic (exact) mass is 566 g/mol. The summed E-state index contributed by atoms with van der Waals surface area (Å²) in [5.74, 6) is 0.864. The number of aromatic amines is 1. The fourth-order valence-electron chi connectivity index (χ4n) is 5.09. The van der Waals surface area contributed by atoms with Crippen molar-refractivity contribution >= 4 is 44.1 Å². The van der Waals surface area contributed by atoms with Crippen molar-refractivity contribution in [3.05, 3.63) is 56.6 Å². The summed E-state index contributed by atoms with van der Waals surface area (Å²) >= 11 is 5.48. The molecule has 0 saturated carbocycles. The van der Waals surface area contributed by atoms with Gasteiger partial charge in [0.05, 0.1) is 20.9 Å². The first kappa shape index (κ1) is 24.0. The van der Waals surface area contributed by atoms with Crippen LogP contribution in [0.5, 0.6) is 0 Å². The lowest BCUT2D eigenvalue weighted by Crippen LogP contribution is -2.46. The third-order valence-corrected chi connectivity index (χ3v) is 8.43. The number of nitrogens with one attached hydrogen (secondary N) is 2. The van der Waals surface area contributed by atoms with Crippen LogP contribution in [0.2, 0.25) is 0 Å². The molecular weight excluding hydrogens is 536 g/mol. The number of benzene rings is 1. The summed E-state index contributed by atoms with van der Waals surface area (Å²) in [6.07, 6.45) is 1.89. The predicted molar refractivity (Wildman–Crippen MR) is 150 cm³/mol. The molecule has 2 fully saturated rings. The summed E-state index contributed by atoms with van der Waals surface area (Å²) in [6, 6.07) is 8.78. The van der Waals surface area contributed by atoms with Crippen LogP contribution in [0.1, 0.15) is 16.3 Å². The highest BCUT2D eigenvalue weighted by molar-refractivity contribution is 9.10. The van der Waals surface area contributed by atoms with E-state index in [1.54, 1.807) is 11.3 Å². The number of H-pyrrole nitrogens is 1. The molecule has 4 aromatic rings. The Kier molecular flexibility index (Phi) is 7.03. The van der Waals surface area contributed by atoms with Gasteiger partial charge in [-0.1, -0.05) is 24.3 Å². The lowest BCUT2D eigenvalue weighted by Gasteiger charge is -2.36. The van der Waals surface area contributed by atoms with Crippen LogP contribution in [0.25, 0.3) is 22.6 Å². The highest BCUT2D eigenvalue weighted by Gasteiger charge is 2.23. The molecule has 188 valence electrons. The van der Waals surface area contributed by atoms with Crippen molar-refractivity contribution in [1.29, 1.82) is 0 Å². The summed E-state index contributed by atoms with van der Waals surface area (Å²) in [5, 5.41) is 6.73. The zero-order valence-corrected chi connectivity index (χ0v) is 22.9. The molecular formula is C26H31BrN8S. The quantitative estimate of drug-likeness (QED) is 0.366. The van der Waals surface area contributed by atoms with Gasteiger partial charge in [0.2, 0.25) is 0 Å². The van der Waals surface area contributed by atoms with E-state index in [4.69, 9.17) is 4.98 Å². The van der Waals surface area contributed by atoms with Crippen molar-refractivity contribution in [2.24, 2.45) is 0 Å². The molecule has 0 spiro atoms. The average Bonchev–Trinajstić information content (AvgIpc) is 3.52. The van der Waals surface area contributed by atoms with E-state index in [-0.39, 0.29) is 0 Å². The van der Waals surface area contributed by atoms with Crippen molar-refractivity contribution in [1.82, 2.24) is 35.1 Å². The first-order chi connectivity index (χ1) is 17.6. The molecule has 2 aliphatic rings. The van der Waals surface area contributed by atoms with Crippen molar-refractivity contribution in [2.45, 2.75) is 20.0 Å². The van der Waals surface area contributed by atoms with Crippen molar-refractivity contribution in [3.63, 3.8) is 0 Å². The van der Waals surface area contributed by atoms with Gasteiger partial charge in [-0.25, -0.2) is 15.0 Å². The van der Waals surface area contributed by atoms with E-state index < -0.39 is 0 Å². The van der Waals surface area contributed by atoms with Gasteiger partial charge < -0.3 is 15.2 Å². The number of imidazole rings is 1. The number of fused-ring (bicyclic) bond motifs is 1. The Bertz CT molecular complexity index is 1320. The summed E-state index contributed by atoms with van der Waals surface area (Å²) in [4.78, 5) is 25.1. The third kappa shape index (κ3) is 5.19. The van der Waals surface area contributed by atoms with Crippen molar-refractivity contribution in [3.8, 4) is 11.4 Å². The maximum Gasteiger partial charge on any atom is 0.159 e. The Morgan fingerprint density at radius 1 is 0.944 bits per heavy atom. The number of hydrogen-bond donors (Lipinski definition) is 2. The van der Waals surface area contributed by atoms with Gasteiger partial charge in [-0.2, -0.15) is 0 Å². The number of anilines is 1. The number of nitrogens with zero attached hydrogens (tertiary/aromatic N) is 6. The number of pyridine rings is 1. The van der Waals surface area contributed by atoms with Crippen LogP contribution in [0.3, 0.4) is 0 Å². The molecule has 36 heavy (non-hydrogen) atoms. The van der Waals surface area contributed by atoms with Gasteiger partial charge in [-0.05, 0) is 28.4 Å². The number of piperazine rings is 2. The largest absolute Gasteiger partial charge is 0.366 e. The van der Waals surface area contributed by atoms with Crippen LogP contribution in [-0.2, 0) is 13.1 Å². The molecule has 0 bridgehead atoms. The zero-order valence-electron chi connectivity index (χ0n) is 20.5. The SMILES string of the molecule is Cc1nc(CN2CCN(c3c(Br)cnc4[nH]c(-c5ccc(CN6CCNCC6)cc5)nc34)CC2)cs1. The number of aromatic nitrogens is 4. The topological polar surface area (TPSA) is 76.2 Å². The van der Waals surface area contributed by atoms with Crippen LogP contribution in [-0.4, -0.2) is 82.1 Å². The Labute approximate surface area is 223 Å². The third-order valence-electron chi connectivity index (χ3n) is 7.03. The van der Waals surface area contributed by atoms with Gasteiger partial charge in [0.25, 0.3) is 0 Å². The lowest BCUT2D eigenvalue weighted by molar-refractivity contribution is 0.233. The molecule has 10 heteroatoms. The molecule has 0 aliphatic carbocycles. The van der Waals surface area contributed by atoms with E-state index in [2.05, 4.69) is 87.5 Å². The first-order valence-corrected chi connectivity index (χ1v) is 14.2. The van der Waals surface area contributed by atoms with Gasteiger partial charge in [-0.15, -0.1) is 11.3 Å². The second-order valence-electron chi connectivity index (χ2n) is 9.58. The minimum Gasteiger partial charge on any atom is -0.366 e. The minimum absolute atomic E-state index is 0.827. The maximum atomic E-state index is 5.02. The van der Waals surface area contributed by atoms with Crippen LogP contribution < -0.4 is 10.2 Å². The van der Waals surface area contributed by atoms with Crippen LogP contribution in [0.4, 0.5) is 5.69 Å². The molecule has 0 unspecified atom stereocenters. The summed E-state index contributed by atoms with van der Waals surface area (Å²) in [5.41, 5.74) is 6.48. The van der Waals surface area contributed by atoms with Crippen LogP contribution in [0, 0.1) is 6.92 Å². The zero-order chi connectivity index (χ0) is 24.5. The molecule has 8 nitrogen and oxygen atoms in total. The van der Waals surface area contributed by atoms with Gasteiger partial charge in [0.15, 0.2) is 5.65 Å². The molecule has 6 rings (SSSR count). The Morgan fingerprint density at radius 2 is 1.69 bits per heavy atom. The molecule has 2 saturated heterocycles. The summed E-state index contributed by atoms with van der Waals surface area (Å²) in [7, 11) is 0. The Balaban J connectivity index is 1.18. The molecule has 5 heterocycles. The van der Waals surface area contributed by atoms with E-state index in [0.29, 0.717) is 0 Å². The van der Waals surface area contributed by atoms with Crippen LogP contribution >= 0.6 is 27.3 Å². The molecule has 0 atom stereocenters. The van der Waals surface area contributed by atoms with E-state index in [9.17, 15) is 0 Å². The molecule has 0 radical (unpaired) electrons. The standard InChI is InChI=1S/C26H31BrN8S/c1-18-30-21(17-36-18)16-34-10-12-35(13-11-34)24-22(27)14-29-26-23(24)31-25(32-26)20-4-2-19(3-5-20)15-33-8-6-28-7-9-33/h2-5,14,17,28H,6-13,15-16H2,1H3,(H,29,31,32). The Morgan fingerprint density at radius 3 is 2.42 bits per heavy atom. The fourth-order valence-corrected chi connectivity index (χ4v) is 6.24. The van der Waals surface area contributed by atoms with E-state index >= 15 is 0 Å². The number of halogens is 1. The number of hydrogen-bond acceptors (Lipinski definition) is 8. The second kappa shape index (κ2) is 10.5. The van der Waals surface area contributed by atoms with Gasteiger partial charge in [-0.3, -0.25) is 9.80 Å². The van der Waals surface area contributed by atoms with Crippen LogP contribution in [0.15, 0.2) is 40.3 Å². The smallest absolute Gasteiger partial charge is 0.159 e. The summed E-state index contributed by atoms with van der Waals surface area (Å²) < 4.78 is 0.989. The molecule has 2 N–H and O–H groups in total. The Hall–Kier alpha value is -2.37. The van der Waals surface area contributed by atoms with Gasteiger partial charge in [0, 0.05) is 82.6 Å². The lowest BCUT2D eigenvalue weighted by atomic mass is 10.1. The molecule has 0 amide bonds. The second-order valence-corrected chi connectivity index (χ2v) is 11.5. The van der Waals surface area contributed by atoms with E-state index in [1.807, 2.05) is 6.20 Å². The molecule has 2 aliphatic heterocycles. The van der Waals surface area contributed by atoms with Crippen molar-refractivity contribution < 1.29 is 0 Å². The molecule has 1 aromatic carbocycles. The van der Waals surface area contributed by atoms with E-state index in [1.165, 1.54) is 11.3 Å². The predicted octanol–water partition coefficient (Wildman–Crippen LogP) is 3.88. The average molecular weight is 568 g/mol. The highest BCUT2D eigenvalue weighted by atomic mass is 79.9. The summed E-state index contributed by atoms with van der Waals surface area (Å²) in [6.45, 7) is 12.2. The van der Waals surface area contributed by atoms with E-state index in [0.717, 1.165) is 103 Å². The number of aryl methyl sites for hydroxylation is 1. The normalized spacial score (nSPS) is 17.8.